The highest BCUT2D eigenvalue weighted by Crippen LogP contribution is 2.28. The molecular weight excluding hydrogens is 269 g/mol. The first-order chi connectivity index (χ1) is 9.56. The topological polar surface area (TPSA) is 47.3 Å². The molecule has 0 aliphatic carbocycles. The molecule has 3 N–H and O–H groups in total. The Morgan fingerprint density at radius 2 is 1.75 bits per heavy atom. The number of benzene rings is 2. The van der Waals surface area contributed by atoms with Crippen molar-refractivity contribution in [2.24, 2.45) is 5.84 Å². The molecule has 0 radical (unpaired) electrons. The van der Waals surface area contributed by atoms with E-state index in [2.05, 4.69) is 5.43 Å². The Balaban J connectivity index is 2.49. The van der Waals surface area contributed by atoms with Gasteiger partial charge in [-0.25, -0.2) is 18.6 Å². The van der Waals surface area contributed by atoms with E-state index in [1.165, 1.54) is 19.2 Å². The molecule has 0 saturated heterocycles. The van der Waals surface area contributed by atoms with Gasteiger partial charge in [0.25, 0.3) is 0 Å². The molecule has 2 aromatic carbocycles. The minimum Gasteiger partial charge on any atom is -0.497 e. The summed E-state index contributed by atoms with van der Waals surface area (Å²) in [5.41, 5.74) is 2.32. The third-order valence-corrected chi connectivity index (χ3v) is 2.95. The van der Waals surface area contributed by atoms with E-state index in [0.717, 1.165) is 24.3 Å². The lowest BCUT2D eigenvalue weighted by Crippen LogP contribution is -2.30. The molecule has 1 unspecified atom stereocenters. The number of hydrazine groups is 1. The summed E-state index contributed by atoms with van der Waals surface area (Å²) >= 11 is 0. The second-order valence-corrected chi connectivity index (χ2v) is 4.15. The fourth-order valence-corrected chi connectivity index (χ4v) is 1.95. The molecule has 1 atom stereocenters. The molecule has 0 bridgehead atoms. The number of ether oxygens (including phenoxy) is 1. The van der Waals surface area contributed by atoms with Gasteiger partial charge in [-0.3, -0.25) is 5.84 Å². The van der Waals surface area contributed by atoms with E-state index < -0.39 is 23.5 Å². The van der Waals surface area contributed by atoms with E-state index in [9.17, 15) is 13.2 Å². The van der Waals surface area contributed by atoms with Gasteiger partial charge in [0.15, 0.2) is 0 Å². The quantitative estimate of drug-likeness (QED) is 0.669. The summed E-state index contributed by atoms with van der Waals surface area (Å²) in [6.45, 7) is 0. The third-order valence-electron chi connectivity index (χ3n) is 2.95. The summed E-state index contributed by atoms with van der Waals surface area (Å²) in [5, 5.41) is 0. The lowest BCUT2D eigenvalue weighted by atomic mass is 9.98. The van der Waals surface area contributed by atoms with Crippen LogP contribution in [0.2, 0.25) is 0 Å². The average Bonchev–Trinajstić information content (AvgIpc) is 2.44. The maximum atomic E-state index is 14.0. The van der Waals surface area contributed by atoms with Gasteiger partial charge in [-0.1, -0.05) is 6.07 Å². The zero-order chi connectivity index (χ0) is 14.7. The molecule has 0 aromatic heterocycles. The number of hydrogen-bond donors (Lipinski definition) is 2. The van der Waals surface area contributed by atoms with Gasteiger partial charge in [0.2, 0.25) is 0 Å². The van der Waals surface area contributed by atoms with Gasteiger partial charge in [0.1, 0.15) is 23.2 Å². The largest absolute Gasteiger partial charge is 0.497 e. The molecule has 2 rings (SSSR count). The Kier molecular flexibility index (Phi) is 4.26. The Morgan fingerprint density at radius 3 is 2.35 bits per heavy atom. The van der Waals surface area contributed by atoms with E-state index in [1.807, 2.05) is 0 Å². The van der Waals surface area contributed by atoms with Gasteiger partial charge in [-0.05, 0) is 24.3 Å². The van der Waals surface area contributed by atoms with E-state index >= 15 is 0 Å². The highest BCUT2D eigenvalue weighted by atomic mass is 19.1. The van der Waals surface area contributed by atoms with Crippen LogP contribution in [0.25, 0.3) is 0 Å². The van der Waals surface area contributed by atoms with Gasteiger partial charge >= 0.3 is 0 Å². The Hall–Kier alpha value is -2.05. The van der Waals surface area contributed by atoms with Gasteiger partial charge in [0, 0.05) is 17.2 Å². The molecule has 0 aliphatic heterocycles. The summed E-state index contributed by atoms with van der Waals surface area (Å²) < 4.78 is 45.9. The molecule has 0 aliphatic rings. The third kappa shape index (κ3) is 2.76. The van der Waals surface area contributed by atoms with Crippen molar-refractivity contribution in [2.45, 2.75) is 6.04 Å². The van der Waals surface area contributed by atoms with Crippen LogP contribution in [0.5, 0.6) is 5.75 Å². The first kappa shape index (κ1) is 14.4. The predicted octanol–water partition coefficient (Wildman–Crippen LogP) is 2.67. The number of methoxy groups -OCH3 is 1. The number of rotatable bonds is 4. The van der Waals surface area contributed by atoms with Crippen LogP contribution < -0.4 is 16.0 Å². The highest BCUT2D eigenvalue weighted by Gasteiger charge is 2.21. The Labute approximate surface area is 114 Å². The van der Waals surface area contributed by atoms with Crippen LogP contribution in [0.4, 0.5) is 13.2 Å². The van der Waals surface area contributed by atoms with Crippen molar-refractivity contribution in [2.75, 3.05) is 7.11 Å². The van der Waals surface area contributed by atoms with Crippen LogP contribution in [0, 0.1) is 17.5 Å². The van der Waals surface area contributed by atoms with Crippen molar-refractivity contribution in [1.29, 1.82) is 0 Å². The molecule has 0 heterocycles. The van der Waals surface area contributed by atoms with Crippen molar-refractivity contribution in [3.8, 4) is 5.75 Å². The molecule has 0 fully saturated rings. The summed E-state index contributed by atoms with van der Waals surface area (Å²) in [4.78, 5) is 0. The fourth-order valence-electron chi connectivity index (χ4n) is 1.95. The highest BCUT2D eigenvalue weighted by molar-refractivity contribution is 5.37. The second kappa shape index (κ2) is 5.94. The van der Waals surface area contributed by atoms with Crippen LogP contribution in [-0.4, -0.2) is 7.11 Å². The molecule has 106 valence electrons. The molecule has 20 heavy (non-hydrogen) atoms. The van der Waals surface area contributed by atoms with Crippen molar-refractivity contribution in [3.63, 3.8) is 0 Å². The van der Waals surface area contributed by atoms with Crippen molar-refractivity contribution in [1.82, 2.24) is 5.43 Å². The van der Waals surface area contributed by atoms with Gasteiger partial charge in [-0.15, -0.1) is 0 Å². The minimum absolute atomic E-state index is 0.0726. The van der Waals surface area contributed by atoms with Crippen molar-refractivity contribution < 1.29 is 17.9 Å². The van der Waals surface area contributed by atoms with E-state index in [4.69, 9.17) is 10.6 Å². The van der Waals surface area contributed by atoms with Gasteiger partial charge in [-0.2, -0.15) is 0 Å². The van der Waals surface area contributed by atoms with E-state index in [0.29, 0.717) is 5.75 Å². The monoisotopic (exact) mass is 282 g/mol. The SMILES string of the molecule is COc1ccc(C(NN)c2cc(F)ccc2F)c(F)c1. The zero-order valence-corrected chi connectivity index (χ0v) is 10.7. The van der Waals surface area contributed by atoms with Crippen LogP contribution in [0.15, 0.2) is 36.4 Å². The summed E-state index contributed by atoms with van der Waals surface area (Å²) in [5.74, 6) is 3.75. The minimum atomic E-state index is -1.00. The van der Waals surface area contributed by atoms with Crippen LogP contribution in [0.3, 0.4) is 0 Å². The average molecular weight is 282 g/mol. The molecule has 0 amide bonds. The van der Waals surface area contributed by atoms with E-state index in [1.54, 1.807) is 0 Å². The van der Waals surface area contributed by atoms with Crippen LogP contribution >= 0.6 is 0 Å². The van der Waals surface area contributed by atoms with Gasteiger partial charge in [0.05, 0.1) is 13.2 Å². The van der Waals surface area contributed by atoms with Gasteiger partial charge < -0.3 is 4.74 Å². The summed E-state index contributed by atoms with van der Waals surface area (Å²) in [6.07, 6.45) is 0. The number of halogens is 3. The van der Waals surface area contributed by atoms with Crippen LogP contribution in [0.1, 0.15) is 17.2 Å². The Morgan fingerprint density at radius 1 is 1.00 bits per heavy atom. The lowest BCUT2D eigenvalue weighted by Gasteiger charge is -2.18. The number of hydrogen-bond acceptors (Lipinski definition) is 3. The normalized spacial score (nSPS) is 12.2. The molecule has 3 nitrogen and oxygen atoms in total. The smallest absolute Gasteiger partial charge is 0.132 e. The Bertz CT molecular complexity index is 619. The number of nitrogens with one attached hydrogen (secondary N) is 1. The lowest BCUT2D eigenvalue weighted by molar-refractivity contribution is 0.409. The summed E-state index contributed by atoms with van der Waals surface area (Å²) in [7, 11) is 1.40. The molecule has 0 saturated carbocycles. The van der Waals surface area contributed by atoms with Crippen molar-refractivity contribution >= 4 is 0 Å². The fraction of sp³-hybridized carbons (Fsp3) is 0.143. The molecule has 0 spiro atoms. The molecule has 6 heteroatoms. The number of nitrogens with two attached hydrogens (primary N) is 1. The molecular formula is C14H13F3N2O. The molecule has 2 aromatic rings. The first-order valence-electron chi connectivity index (χ1n) is 5.81. The predicted molar refractivity (Wildman–Crippen MR) is 68.5 cm³/mol. The zero-order valence-electron chi connectivity index (χ0n) is 10.7. The maximum absolute atomic E-state index is 14.0. The van der Waals surface area contributed by atoms with E-state index in [-0.39, 0.29) is 11.1 Å². The summed E-state index contributed by atoms with van der Waals surface area (Å²) in [6, 6.07) is 5.99. The van der Waals surface area contributed by atoms with Crippen molar-refractivity contribution in [3.05, 3.63) is 65.0 Å². The standard InChI is InChI=1S/C14H13F3N2O/c1-20-9-3-4-10(13(17)7-9)14(19-18)11-6-8(15)2-5-12(11)16/h2-7,14,19H,18H2,1H3. The van der Waals surface area contributed by atoms with Crippen LogP contribution in [-0.2, 0) is 0 Å². The second-order valence-electron chi connectivity index (χ2n) is 4.15. The maximum Gasteiger partial charge on any atom is 0.132 e. The first-order valence-corrected chi connectivity index (χ1v) is 5.81.